The molecule has 0 spiro atoms. The molecule has 1 aromatic heterocycles. The molecule has 150 valence electrons. The van der Waals surface area contributed by atoms with Gasteiger partial charge in [-0.05, 0) is 12.5 Å². The molecule has 2 fully saturated rings. The average Bonchev–Trinajstić information content (AvgIpc) is 3.22. The summed E-state index contributed by atoms with van der Waals surface area (Å²) in [6.45, 7) is 2.10. The molecule has 1 aromatic carbocycles. The first kappa shape index (κ1) is 18.9. The predicted octanol–water partition coefficient (Wildman–Crippen LogP) is 0.623. The van der Waals surface area contributed by atoms with Crippen LogP contribution in [0.25, 0.3) is 10.9 Å². The number of nitrogens with one attached hydrogen (secondary N) is 1. The average molecular weight is 385 g/mol. The van der Waals surface area contributed by atoms with Gasteiger partial charge in [-0.15, -0.1) is 0 Å². The third-order valence-electron chi connectivity index (χ3n) is 5.70. The van der Waals surface area contributed by atoms with Crippen LogP contribution in [0.1, 0.15) is 23.3 Å². The molecule has 2 aliphatic heterocycles. The van der Waals surface area contributed by atoms with Crippen LogP contribution in [0.4, 0.5) is 0 Å². The summed E-state index contributed by atoms with van der Waals surface area (Å²) in [7, 11) is 5.37. The summed E-state index contributed by atoms with van der Waals surface area (Å²) in [5.41, 5.74) is 1.41. The van der Waals surface area contributed by atoms with E-state index in [-0.39, 0.29) is 30.0 Å². The van der Waals surface area contributed by atoms with Crippen molar-refractivity contribution in [3.05, 3.63) is 30.0 Å². The number of aromatic nitrogens is 2. The molecule has 4 rings (SSSR count). The summed E-state index contributed by atoms with van der Waals surface area (Å²) >= 11 is 0. The summed E-state index contributed by atoms with van der Waals surface area (Å²) in [6.07, 6.45) is 1.17. The van der Waals surface area contributed by atoms with Gasteiger partial charge in [0.2, 0.25) is 5.91 Å². The Hall–Kier alpha value is -2.45. The number of carbonyl (C=O) groups excluding carboxylic acids is 2. The van der Waals surface area contributed by atoms with E-state index in [0.29, 0.717) is 18.7 Å². The van der Waals surface area contributed by atoms with Crippen molar-refractivity contribution in [3.63, 3.8) is 0 Å². The number of amides is 2. The highest BCUT2D eigenvalue weighted by atomic mass is 16.5. The van der Waals surface area contributed by atoms with Gasteiger partial charge < -0.3 is 15.0 Å². The Bertz CT molecular complexity index is 893. The van der Waals surface area contributed by atoms with Crippen molar-refractivity contribution >= 4 is 22.7 Å². The first-order valence-electron chi connectivity index (χ1n) is 9.70. The minimum atomic E-state index is -0.137. The number of nitrogens with zero attached hydrogens (tertiary/aromatic N) is 4. The van der Waals surface area contributed by atoms with E-state index in [0.717, 1.165) is 30.4 Å². The van der Waals surface area contributed by atoms with Crippen molar-refractivity contribution in [1.29, 1.82) is 0 Å². The van der Waals surface area contributed by atoms with E-state index in [1.54, 1.807) is 23.7 Å². The van der Waals surface area contributed by atoms with Gasteiger partial charge in [0, 0.05) is 51.7 Å². The van der Waals surface area contributed by atoms with Crippen molar-refractivity contribution in [3.8, 4) is 0 Å². The van der Waals surface area contributed by atoms with Gasteiger partial charge >= 0.3 is 0 Å². The molecule has 2 amide bonds. The molecule has 0 radical (unpaired) electrons. The van der Waals surface area contributed by atoms with Crippen LogP contribution in [-0.2, 0) is 16.6 Å². The van der Waals surface area contributed by atoms with Crippen LogP contribution in [0, 0.1) is 0 Å². The van der Waals surface area contributed by atoms with Crippen molar-refractivity contribution < 1.29 is 14.3 Å². The standard InChI is InChI=1S/C20H27N5O3/c1-23(2)18(26)9-15-11-25-10-13(8-14(25)12-28-15)21-20(27)19-16-6-4-5-7-17(16)24(3)22-19/h4-7,13-15H,8-12H2,1-3H3,(H,21,27)/t13-,14-,15-/m0/s1. The Balaban J connectivity index is 1.38. The number of fused-ring (bicyclic) bond motifs is 2. The number of carbonyl (C=O) groups is 2. The maximum atomic E-state index is 12.8. The van der Waals surface area contributed by atoms with E-state index in [1.807, 2.05) is 31.3 Å². The lowest BCUT2D eigenvalue weighted by Crippen LogP contribution is -2.47. The van der Waals surface area contributed by atoms with Crippen LogP contribution in [0.3, 0.4) is 0 Å². The summed E-state index contributed by atoms with van der Waals surface area (Å²) < 4.78 is 7.63. The van der Waals surface area contributed by atoms with Gasteiger partial charge in [0.15, 0.2) is 5.69 Å². The molecular formula is C20H27N5O3. The second kappa shape index (κ2) is 7.52. The minimum absolute atomic E-state index is 0.0603. The molecule has 0 unspecified atom stereocenters. The quantitative estimate of drug-likeness (QED) is 0.835. The molecule has 1 N–H and O–H groups in total. The Labute approximate surface area is 164 Å². The van der Waals surface area contributed by atoms with Crippen molar-refractivity contribution in [2.75, 3.05) is 33.8 Å². The molecule has 2 saturated heterocycles. The lowest BCUT2D eigenvalue weighted by atomic mass is 10.1. The fourth-order valence-electron chi connectivity index (χ4n) is 4.18. The predicted molar refractivity (Wildman–Crippen MR) is 105 cm³/mol. The normalized spacial score (nSPS) is 24.9. The zero-order valence-corrected chi connectivity index (χ0v) is 16.6. The summed E-state index contributed by atoms with van der Waals surface area (Å²) in [5.74, 6) is -0.0589. The lowest BCUT2D eigenvalue weighted by Gasteiger charge is -2.35. The Morgan fingerprint density at radius 1 is 1.29 bits per heavy atom. The maximum absolute atomic E-state index is 12.8. The number of aryl methyl sites for hydroxylation is 1. The molecule has 8 nitrogen and oxygen atoms in total. The third kappa shape index (κ3) is 3.62. The Morgan fingerprint density at radius 3 is 2.86 bits per heavy atom. The third-order valence-corrected chi connectivity index (χ3v) is 5.70. The Kier molecular flexibility index (Phi) is 5.07. The number of hydrogen-bond donors (Lipinski definition) is 1. The molecule has 2 aromatic rings. The van der Waals surface area contributed by atoms with Crippen LogP contribution in [0.2, 0.25) is 0 Å². The monoisotopic (exact) mass is 385 g/mol. The first-order valence-corrected chi connectivity index (χ1v) is 9.70. The van der Waals surface area contributed by atoms with Crippen LogP contribution in [-0.4, -0.2) is 83.4 Å². The van der Waals surface area contributed by atoms with Crippen molar-refractivity contribution in [2.24, 2.45) is 7.05 Å². The highest BCUT2D eigenvalue weighted by Crippen LogP contribution is 2.25. The largest absolute Gasteiger partial charge is 0.375 e. The first-order chi connectivity index (χ1) is 13.4. The highest BCUT2D eigenvalue weighted by Gasteiger charge is 2.38. The highest BCUT2D eigenvalue weighted by molar-refractivity contribution is 6.04. The number of morpholine rings is 1. The van der Waals surface area contributed by atoms with E-state index in [1.165, 1.54) is 0 Å². The lowest BCUT2D eigenvalue weighted by molar-refractivity contribution is -0.134. The van der Waals surface area contributed by atoms with Crippen LogP contribution >= 0.6 is 0 Å². The number of hydrogen-bond acceptors (Lipinski definition) is 5. The van der Waals surface area contributed by atoms with Gasteiger partial charge in [0.1, 0.15) is 0 Å². The molecule has 0 bridgehead atoms. The zero-order chi connectivity index (χ0) is 19.8. The number of para-hydroxylation sites is 1. The smallest absolute Gasteiger partial charge is 0.272 e. The molecule has 2 aliphatic rings. The second-order valence-corrected chi connectivity index (χ2v) is 7.95. The summed E-state index contributed by atoms with van der Waals surface area (Å²) in [6, 6.07) is 8.10. The molecule has 28 heavy (non-hydrogen) atoms. The zero-order valence-electron chi connectivity index (χ0n) is 16.6. The van der Waals surface area contributed by atoms with Crippen molar-refractivity contribution in [2.45, 2.75) is 31.0 Å². The van der Waals surface area contributed by atoms with Crippen molar-refractivity contribution in [1.82, 2.24) is 24.9 Å². The number of benzene rings is 1. The molecule has 3 heterocycles. The van der Waals surface area contributed by atoms with E-state index < -0.39 is 0 Å². The van der Waals surface area contributed by atoms with E-state index >= 15 is 0 Å². The molecule has 0 aliphatic carbocycles. The van der Waals surface area contributed by atoms with Crippen LogP contribution in [0.15, 0.2) is 24.3 Å². The van der Waals surface area contributed by atoms with Gasteiger partial charge in [0.25, 0.3) is 5.91 Å². The van der Waals surface area contributed by atoms with Gasteiger partial charge in [-0.25, -0.2) is 0 Å². The summed E-state index contributed by atoms with van der Waals surface area (Å²) in [5, 5.41) is 8.42. The van der Waals surface area contributed by atoms with E-state index in [2.05, 4.69) is 15.3 Å². The van der Waals surface area contributed by atoms with Gasteiger partial charge in [-0.2, -0.15) is 5.10 Å². The number of ether oxygens (including phenoxy) is 1. The SMILES string of the molecule is CN(C)C(=O)C[C@H]1CN2C[C@@H](NC(=O)c3nn(C)c4ccccc34)C[C@H]2CO1. The van der Waals surface area contributed by atoms with Gasteiger partial charge in [0.05, 0.1) is 24.6 Å². The molecule has 8 heteroatoms. The van der Waals surface area contributed by atoms with Gasteiger partial charge in [-0.1, -0.05) is 18.2 Å². The summed E-state index contributed by atoms with van der Waals surface area (Å²) in [4.78, 5) is 28.7. The van der Waals surface area contributed by atoms with E-state index in [9.17, 15) is 9.59 Å². The van der Waals surface area contributed by atoms with Crippen LogP contribution < -0.4 is 5.32 Å². The fraction of sp³-hybridized carbons (Fsp3) is 0.550. The van der Waals surface area contributed by atoms with Gasteiger partial charge in [-0.3, -0.25) is 19.2 Å². The molecular weight excluding hydrogens is 358 g/mol. The number of rotatable bonds is 4. The second-order valence-electron chi connectivity index (χ2n) is 7.95. The minimum Gasteiger partial charge on any atom is -0.375 e. The fourth-order valence-corrected chi connectivity index (χ4v) is 4.18. The Morgan fingerprint density at radius 2 is 2.07 bits per heavy atom. The van der Waals surface area contributed by atoms with Crippen LogP contribution in [0.5, 0.6) is 0 Å². The maximum Gasteiger partial charge on any atom is 0.272 e. The topological polar surface area (TPSA) is 79.7 Å². The van der Waals surface area contributed by atoms with E-state index in [4.69, 9.17) is 4.74 Å². The molecule has 3 atom stereocenters. The molecule has 0 saturated carbocycles.